The smallest absolute Gasteiger partial charge is 0.345 e. The minimum Gasteiger partial charge on any atom is -0.478 e. The lowest BCUT2D eigenvalue weighted by atomic mass is 10.1. The van der Waals surface area contributed by atoms with Crippen molar-refractivity contribution in [1.29, 1.82) is 0 Å². The van der Waals surface area contributed by atoms with Gasteiger partial charge in [0.15, 0.2) is 0 Å². The van der Waals surface area contributed by atoms with Crippen LogP contribution in [0.5, 0.6) is 5.75 Å². The van der Waals surface area contributed by atoms with Crippen LogP contribution in [0.2, 0.25) is 5.02 Å². The Bertz CT molecular complexity index is 518. The van der Waals surface area contributed by atoms with Crippen LogP contribution in [0.25, 0.3) is 0 Å². The highest BCUT2D eigenvalue weighted by Crippen LogP contribution is 2.36. The molecule has 0 fully saturated rings. The summed E-state index contributed by atoms with van der Waals surface area (Å²) in [6.07, 6.45) is 3.39. The van der Waals surface area contributed by atoms with Gasteiger partial charge in [-0.3, -0.25) is 0 Å². The second-order valence-corrected chi connectivity index (χ2v) is 4.32. The monoisotopic (exact) mass is 288 g/mol. The molecule has 0 aliphatic heterocycles. The number of hydrogen-bond acceptors (Lipinski definition) is 2. The molecule has 1 rings (SSSR count). The molecule has 1 atom stereocenters. The first-order valence-corrected chi connectivity index (χ1v) is 5.64. The molecule has 0 amide bonds. The molecule has 0 saturated carbocycles. The molecule has 0 aliphatic carbocycles. The Morgan fingerprint density at radius 2 is 2.26 bits per heavy atom. The summed E-state index contributed by atoms with van der Waals surface area (Å²) >= 11 is 5.65. The zero-order valence-corrected chi connectivity index (χ0v) is 10.7. The predicted octanol–water partition coefficient (Wildman–Crippen LogP) is 3.31. The van der Waals surface area contributed by atoms with Gasteiger partial charge in [-0.05, 0) is 18.2 Å². The molecule has 1 aromatic rings. The zero-order valence-electron chi connectivity index (χ0n) is 9.99. The van der Waals surface area contributed by atoms with Crippen LogP contribution in [-0.4, -0.2) is 17.2 Å². The molecule has 0 heterocycles. The van der Waals surface area contributed by atoms with E-state index in [-0.39, 0.29) is 17.2 Å². The van der Waals surface area contributed by atoms with E-state index in [9.17, 15) is 13.6 Å². The van der Waals surface area contributed by atoms with Gasteiger partial charge >= 0.3 is 5.97 Å². The minimum absolute atomic E-state index is 0.104. The van der Waals surface area contributed by atoms with Crippen molar-refractivity contribution in [3.8, 4) is 18.1 Å². The van der Waals surface area contributed by atoms with E-state index in [4.69, 9.17) is 27.9 Å². The molecular formula is C13H11ClF2O3. The number of rotatable bonds is 5. The Morgan fingerprint density at radius 1 is 1.63 bits per heavy atom. The van der Waals surface area contributed by atoms with Crippen molar-refractivity contribution in [3.05, 3.63) is 28.8 Å². The van der Waals surface area contributed by atoms with E-state index in [0.717, 1.165) is 6.07 Å². The first-order valence-electron chi connectivity index (χ1n) is 5.26. The van der Waals surface area contributed by atoms with Crippen LogP contribution >= 0.6 is 11.6 Å². The summed E-state index contributed by atoms with van der Waals surface area (Å²) < 4.78 is 31.9. The second kappa shape index (κ2) is 5.89. The summed E-state index contributed by atoms with van der Waals surface area (Å²) in [6.45, 7) is 0.669. The first-order chi connectivity index (χ1) is 8.75. The van der Waals surface area contributed by atoms with E-state index in [1.807, 2.05) is 0 Å². The van der Waals surface area contributed by atoms with E-state index >= 15 is 0 Å². The maximum atomic E-state index is 13.4. The quantitative estimate of drug-likeness (QED) is 0.846. The average molecular weight is 289 g/mol. The lowest BCUT2D eigenvalue weighted by molar-refractivity contribution is -0.145. The van der Waals surface area contributed by atoms with Crippen LogP contribution in [0.4, 0.5) is 8.78 Å². The van der Waals surface area contributed by atoms with Crippen molar-refractivity contribution >= 4 is 17.6 Å². The van der Waals surface area contributed by atoms with Gasteiger partial charge < -0.3 is 9.84 Å². The number of ether oxygens (including phenoxy) is 1. The van der Waals surface area contributed by atoms with E-state index in [1.54, 1.807) is 0 Å². The Hall–Kier alpha value is -1.80. The molecule has 3 nitrogen and oxygen atoms in total. The van der Waals surface area contributed by atoms with Crippen molar-refractivity contribution in [2.75, 3.05) is 0 Å². The molecule has 1 N–H and O–H groups in total. The summed E-state index contributed by atoms with van der Waals surface area (Å²) in [6, 6.07) is 3.56. The normalized spacial score (nSPS) is 12.6. The van der Waals surface area contributed by atoms with Gasteiger partial charge in [0.1, 0.15) is 5.75 Å². The fourth-order valence-corrected chi connectivity index (χ4v) is 1.56. The molecule has 1 unspecified atom stereocenters. The van der Waals surface area contributed by atoms with E-state index in [1.165, 1.54) is 12.1 Å². The summed E-state index contributed by atoms with van der Waals surface area (Å²) in [5, 5.41) is 8.98. The van der Waals surface area contributed by atoms with Crippen LogP contribution in [0.15, 0.2) is 18.2 Å². The maximum Gasteiger partial charge on any atom is 0.345 e. The highest BCUT2D eigenvalue weighted by molar-refractivity contribution is 6.30. The van der Waals surface area contributed by atoms with E-state index in [2.05, 4.69) is 5.92 Å². The lowest BCUT2D eigenvalue weighted by Gasteiger charge is -2.19. The Labute approximate surface area is 114 Å². The van der Waals surface area contributed by atoms with Gasteiger partial charge in [0.05, 0.1) is 12.0 Å². The highest BCUT2D eigenvalue weighted by atomic mass is 35.5. The van der Waals surface area contributed by atoms with Crippen LogP contribution in [0.1, 0.15) is 18.9 Å². The third-order valence-electron chi connectivity index (χ3n) is 2.26. The zero-order chi connectivity index (χ0) is 14.6. The summed E-state index contributed by atoms with van der Waals surface area (Å²) in [5.41, 5.74) is -0.483. The Morgan fingerprint density at radius 3 is 2.74 bits per heavy atom. The molecule has 0 bridgehead atoms. The number of hydrogen-bond donors (Lipinski definition) is 1. The average Bonchev–Trinajstić information content (AvgIpc) is 2.29. The number of alkyl halides is 2. The molecule has 1 aromatic carbocycles. The molecule has 102 valence electrons. The number of benzene rings is 1. The largest absolute Gasteiger partial charge is 0.478 e. The van der Waals surface area contributed by atoms with Crippen molar-refractivity contribution < 1.29 is 23.4 Å². The third-order valence-corrected chi connectivity index (χ3v) is 2.50. The Kier molecular flexibility index (Phi) is 4.73. The van der Waals surface area contributed by atoms with E-state index < -0.39 is 23.6 Å². The van der Waals surface area contributed by atoms with Gasteiger partial charge in [-0.15, -0.1) is 12.3 Å². The lowest BCUT2D eigenvalue weighted by Crippen LogP contribution is -2.27. The topological polar surface area (TPSA) is 46.5 Å². The summed E-state index contributed by atoms with van der Waals surface area (Å²) in [5.74, 6) is -2.66. The summed E-state index contributed by atoms with van der Waals surface area (Å²) in [4.78, 5) is 10.9. The first kappa shape index (κ1) is 15.3. The second-order valence-electron chi connectivity index (χ2n) is 3.88. The van der Waals surface area contributed by atoms with Crippen LogP contribution in [-0.2, 0) is 10.7 Å². The standard InChI is InChI=1S/C13H11ClF2O3/c1-3-4-11(12(17)18)19-10-6-5-8(14)7-9(10)13(2,15)16/h1,5-7,11H,4H2,2H3,(H,17,18). The minimum atomic E-state index is -3.21. The van der Waals surface area contributed by atoms with Crippen molar-refractivity contribution in [2.45, 2.75) is 25.4 Å². The number of terminal acetylenes is 1. The van der Waals surface area contributed by atoms with Crippen LogP contribution in [0, 0.1) is 12.3 Å². The van der Waals surface area contributed by atoms with Gasteiger partial charge in [-0.1, -0.05) is 11.6 Å². The number of carbonyl (C=O) groups is 1. The molecule has 0 aliphatic rings. The van der Waals surface area contributed by atoms with Crippen molar-refractivity contribution in [2.24, 2.45) is 0 Å². The number of aliphatic carboxylic acids is 1. The van der Waals surface area contributed by atoms with Gasteiger partial charge in [-0.25, -0.2) is 13.6 Å². The molecule has 0 aromatic heterocycles. The SMILES string of the molecule is C#CCC(Oc1ccc(Cl)cc1C(C)(F)F)C(=O)O. The fourth-order valence-electron chi connectivity index (χ4n) is 1.39. The molecule has 6 heteroatoms. The van der Waals surface area contributed by atoms with Crippen molar-refractivity contribution in [3.63, 3.8) is 0 Å². The van der Waals surface area contributed by atoms with Crippen LogP contribution in [0.3, 0.4) is 0 Å². The van der Waals surface area contributed by atoms with E-state index in [0.29, 0.717) is 6.92 Å². The molecular weight excluding hydrogens is 278 g/mol. The maximum absolute atomic E-state index is 13.4. The Balaban J connectivity index is 3.13. The molecule has 0 spiro atoms. The molecule has 0 saturated heterocycles. The number of carboxylic acid groups (broad SMARTS) is 1. The number of halogens is 3. The fraction of sp³-hybridized carbons (Fsp3) is 0.308. The highest BCUT2D eigenvalue weighted by Gasteiger charge is 2.31. The van der Waals surface area contributed by atoms with Gasteiger partial charge in [0.2, 0.25) is 6.10 Å². The van der Waals surface area contributed by atoms with Crippen LogP contribution < -0.4 is 4.74 Å². The number of carboxylic acids is 1. The summed E-state index contributed by atoms with van der Waals surface area (Å²) in [7, 11) is 0. The molecule has 19 heavy (non-hydrogen) atoms. The third kappa shape index (κ3) is 4.11. The molecule has 0 radical (unpaired) electrons. The van der Waals surface area contributed by atoms with Gasteiger partial charge in [0, 0.05) is 11.9 Å². The predicted molar refractivity (Wildman–Crippen MR) is 66.5 cm³/mol. The van der Waals surface area contributed by atoms with Crippen molar-refractivity contribution in [1.82, 2.24) is 0 Å². The van der Waals surface area contributed by atoms with Gasteiger partial charge in [0.25, 0.3) is 5.92 Å². The van der Waals surface area contributed by atoms with Gasteiger partial charge in [-0.2, -0.15) is 0 Å².